The fourth-order valence-electron chi connectivity index (χ4n) is 2.16. The van der Waals surface area contributed by atoms with Crippen LogP contribution in [-0.4, -0.2) is 37.8 Å². The van der Waals surface area contributed by atoms with Crippen LogP contribution in [-0.2, 0) is 11.3 Å². The molecule has 0 spiro atoms. The molecule has 0 aliphatic heterocycles. The molecule has 0 saturated heterocycles. The van der Waals surface area contributed by atoms with Crippen molar-refractivity contribution in [1.82, 2.24) is 10.3 Å². The van der Waals surface area contributed by atoms with Gasteiger partial charge in [-0.25, -0.2) is 4.98 Å². The summed E-state index contributed by atoms with van der Waals surface area (Å²) in [6.07, 6.45) is 1.88. The number of hydrogen-bond acceptors (Lipinski definition) is 4. The third kappa shape index (κ3) is 5.47. The molecular formula is C16H29N3O. The van der Waals surface area contributed by atoms with Gasteiger partial charge in [0.25, 0.3) is 0 Å². The molecule has 0 unspecified atom stereocenters. The molecule has 1 rings (SSSR count). The van der Waals surface area contributed by atoms with Gasteiger partial charge in [0.15, 0.2) is 0 Å². The lowest BCUT2D eigenvalue weighted by atomic mass is 10.1. The lowest BCUT2D eigenvalue weighted by Crippen LogP contribution is -2.36. The Morgan fingerprint density at radius 2 is 2.05 bits per heavy atom. The minimum atomic E-state index is 0.449. The second kappa shape index (κ2) is 8.93. The van der Waals surface area contributed by atoms with Gasteiger partial charge in [-0.05, 0) is 25.8 Å². The van der Waals surface area contributed by atoms with Crippen LogP contribution in [0.2, 0.25) is 0 Å². The number of anilines is 1. The first-order valence-electron chi connectivity index (χ1n) is 7.46. The number of methoxy groups -OCH3 is 1. The molecule has 20 heavy (non-hydrogen) atoms. The molecule has 0 atom stereocenters. The van der Waals surface area contributed by atoms with Crippen LogP contribution in [0, 0.1) is 5.92 Å². The molecule has 0 saturated carbocycles. The van der Waals surface area contributed by atoms with Gasteiger partial charge in [0, 0.05) is 44.5 Å². The van der Waals surface area contributed by atoms with E-state index in [4.69, 9.17) is 4.74 Å². The molecule has 0 aromatic carbocycles. The maximum absolute atomic E-state index is 5.06. The predicted molar refractivity (Wildman–Crippen MR) is 85.1 cm³/mol. The van der Waals surface area contributed by atoms with Crippen molar-refractivity contribution in [2.45, 2.75) is 40.3 Å². The number of aromatic nitrogens is 1. The van der Waals surface area contributed by atoms with Gasteiger partial charge in [-0.15, -0.1) is 0 Å². The number of ether oxygens (including phenoxy) is 1. The van der Waals surface area contributed by atoms with Crippen molar-refractivity contribution in [3.8, 4) is 0 Å². The zero-order valence-electron chi connectivity index (χ0n) is 13.5. The summed E-state index contributed by atoms with van der Waals surface area (Å²) in [6, 6.07) is 4.60. The van der Waals surface area contributed by atoms with Crippen LogP contribution in [0.1, 0.15) is 33.3 Å². The quantitative estimate of drug-likeness (QED) is 0.705. The van der Waals surface area contributed by atoms with E-state index in [9.17, 15) is 0 Å². The zero-order chi connectivity index (χ0) is 15.0. The first kappa shape index (κ1) is 16.9. The van der Waals surface area contributed by atoms with Crippen molar-refractivity contribution in [2.24, 2.45) is 5.92 Å². The summed E-state index contributed by atoms with van der Waals surface area (Å²) in [5.41, 5.74) is 1.25. The summed E-state index contributed by atoms with van der Waals surface area (Å²) in [5, 5.41) is 3.40. The van der Waals surface area contributed by atoms with Gasteiger partial charge >= 0.3 is 0 Å². The van der Waals surface area contributed by atoms with E-state index >= 15 is 0 Å². The number of nitrogens with zero attached hydrogens (tertiary/aromatic N) is 2. The van der Waals surface area contributed by atoms with Crippen molar-refractivity contribution >= 4 is 5.82 Å². The van der Waals surface area contributed by atoms with E-state index in [1.807, 2.05) is 12.3 Å². The highest BCUT2D eigenvalue weighted by Crippen LogP contribution is 2.20. The normalized spacial score (nSPS) is 11.3. The number of pyridine rings is 1. The smallest absolute Gasteiger partial charge is 0.133 e. The van der Waals surface area contributed by atoms with Gasteiger partial charge in [-0.2, -0.15) is 0 Å². The number of nitrogens with one attached hydrogen (secondary N) is 1. The summed E-state index contributed by atoms with van der Waals surface area (Å²) in [6.45, 7) is 12.4. The van der Waals surface area contributed by atoms with Crippen LogP contribution in [0.5, 0.6) is 0 Å². The monoisotopic (exact) mass is 279 g/mol. The summed E-state index contributed by atoms with van der Waals surface area (Å²) in [7, 11) is 1.72. The van der Waals surface area contributed by atoms with Crippen LogP contribution in [0.4, 0.5) is 5.82 Å². The predicted octanol–water partition coefficient (Wildman–Crippen LogP) is 2.69. The molecule has 0 fully saturated rings. The van der Waals surface area contributed by atoms with Gasteiger partial charge in [-0.3, -0.25) is 0 Å². The lowest BCUT2D eigenvalue weighted by Gasteiger charge is -2.31. The number of hydrogen-bond donors (Lipinski definition) is 1. The minimum absolute atomic E-state index is 0.449. The molecule has 1 heterocycles. The molecule has 114 valence electrons. The molecule has 0 radical (unpaired) electrons. The van der Waals surface area contributed by atoms with E-state index in [1.165, 1.54) is 5.56 Å². The summed E-state index contributed by atoms with van der Waals surface area (Å²) < 4.78 is 5.06. The van der Waals surface area contributed by atoms with Crippen LogP contribution in [0.15, 0.2) is 18.3 Å². The van der Waals surface area contributed by atoms with Crippen LogP contribution in [0.25, 0.3) is 0 Å². The molecule has 0 amide bonds. The molecule has 4 nitrogen and oxygen atoms in total. The van der Waals surface area contributed by atoms with Crippen LogP contribution in [0.3, 0.4) is 0 Å². The first-order chi connectivity index (χ1) is 9.56. The highest BCUT2D eigenvalue weighted by molar-refractivity contribution is 5.47. The highest BCUT2D eigenvalue weighted by Gasteiger charge is 2.16. The van der Waals surface area contributed by atoms with Crippen molar-refractivity contribution in [3.05, 3.63) is 23.9 Å². The third-order valence-electron chi connectivity index (χ3n) is 3.12. The van der Waals surface area contributed by atoms with E-state index in [0.29, 0.717) is 12.0 Å². The molecule has 0 aliphatic rings. The van der Waals surface area contributed by atoms with Gasteiger partial charge in [-0.1, -0.05) is 19.9 Å². The topological polar surface area (TPSA) is 37.4 Å². The minimum Gasteiger partial charge on any atom is -0.383 e. The summed E-state index contributed by atoms with van der Waals surface area (Å²) in [4.78, 5) is 6.99. The van der Waals surface area contributed by atoms with Gasteiger partial charge in [0.2, 0.25) is 0 Å². The Labute approximate surface area is 123 Å². The molecule has 0 aliphatic carbocycles. The van der Waals surface area contributed by atoms with E-state index in [1.54, 1.807) is 7.11 Å². The van der Waals surface area contributed by atoms with Crippen molar-refractivity contribution in [3.63, 3.8) is 0 Å². The molecule has 4 heteroatoms. The summed E-state index contributed by atoms with van der Waals surface area (Å²) in [5.74, 6) is 1.72. The molecular weight excluding hydrogens is 250 g/mol. The number of rotatable bonds is 9. The maximum Gasteiger partial charge on any atom is 0.133 e. The SMILES string of the molecule is COCCNCc1cccnc1N(CC(C)C)C(C)C. The molecule has 1 aromatic rings. The molecule has 1 N–H and O–H groups in total. The van der Waals surface area contributed by atoms with E-state index in [0.717, 1.165) is 32.1 Å². The Kier molecular flexibility index (Phi) is 7.55. The average molecular weight is 279 g/mol. The molecule has 1 aromatic heterocycles. The highest BCUT2D eigenvalue weighted by atomic mass is 16.5. The Hall–Kier alpha value is -1.13. The first-order valence-corrected chi connectivity index (χ1v) is 7.46. The van der Waals surface area contributed by atoms with Crippen LogP contribution < -0.4 is 10.2 Å². The zero-order valence-corrected chi connectivity index (χ0v) is 13.5. The Morgan fingerprint density at radius 1 is 1.30 bits per heavy atom. The Balaban J connectivity index is 2.80. The Morgan fingerprint density at radius 3 is 2.65 bits per heavy atom. The largest absolute Gasteiger partial charge is 0.383 e. The third-order valence-corrected chi connectivity index (χ3v) is 3.12. The van der Waals surface area contributed by atoms with Crippen LogP contribution >= 0.6 is 0 Å². The van der Waals surface area contributed by atoms with Crippen molar-refractivity contribution < 1.29 is 4.74 Å². The van der Waals surface area contributed by atoms with E-state index < -0.39 is 0 Å². The fraction of sp³-hybridized carbons (Fsp3) is 0.688. The standard InChI is InChI=1S/C16H29N3O/c1-13(2)12-19(14(3)4)16-15(7-6-8-18-16)11-17-9-10-20-5/h6-8,13-14,17H,9-12H2,1-5H3. The lowest BCUT2D eigenvalue weighted by molar-refractivity contribution is 0.199. The van der Waals surface area contributed by atoms with Crippen molar-refractivity contribution in [2.75, 3.05) is 31.7 Å². The second-order valence-corrected chi connectivity index (χ2v) is 5.80. The van der Waals surface area contributed by atoms with E-state index in [-0.39, 0.29) is 0 Å². The van der Waals surface area contributed by atoms with Gasteiger partial charge < -0.3 is 15.0 Å². The maximum atomic E-state index is 5.06. The fourth-order valence-corrected chi connectivity index (χ4v) is 2.16. The second-order valence-electron chi connectivity index (χ2n) is 5.80. The molecule has 0 bridgehead atoms. The average Bonchev–Trinajstić information content (AvgIpc) is 2.41. The van der Waals surface area contributed by atoms with Crippen molar-refractivity contribution in [1.29, 1.82) is 0 Å². The van der Waals surface area contributed by atoms with E-state index in [2.05, 4.69) is 49.0 Å². The van der Waals surface area contributed by atoms with Gasteiger partial charge in [0.1, 0.15) is 5.82 Å². The Bertz CT molecular complexity index is 380. The summed E-state index contributed by atoms with van der Waals surface area (Å²) >= 11 is 0. The van der Waals surface area contributed by atoms with Gasteiger partial charge in [0.05, 0.1) is 6.61 Å².